The minimum atomic E-state index is -0.877. The molecular formula is C30H48O5. The predicted molar refractivity (Wildman–Crippen MR) is 135 cm³/mol. The van der Waals surface area contributed by atoms with Gasteiger partial charge in [0.25, 0.3) is 0 Å². The Morgan fingerprint density at radius 2 is 1.49 bits per heavy atom. The van der Waals surface area contributed by atoms with Crippen LogP contribution in [0.1, 0.15) is 99.8 Å². The van der Waals surface area contributed by atoms with Gasteiger partial charge in [0, 0.05) is 5.92 Å². The number of carboxylic acids is 1. The van der Waals surface area contributed by atoms with E-state index in [1.54, 1.807) is 0 Å². The molecule has 5 aliphatic rings. The van der Waals surface area contributed by atoms with Crippen molar-refractivity contribution in [1.29, 1.82) is 0 Å². The fourth-order valence-electron chi connectivity index (χ4n) is 10.7. The second-order valence-corrected chi connectivity index (χ2v) is 15.2. The number of fused-ring (bicyclic) bond motifs is 7. The maximum absolute atomic E-state index is 12.8. The summed E-state index contributed by atoms with van der Waals surface area (Å²) in [6.07, 6.45) is 6.54. The number of rotatable bonds is 1. The molecule has 5 aliphatic carbocycles. The Kier molecular flexibility index (Phi) is 5.40. The molecule has 0 unspecified atom stereocenters. The van der Waals surface area contributed by atoms with Gasteiger partial charge in [-0.2, -0.15) is 0 Å². The topological polar surface area (TPSA) is 98.0 Å². The fraction of sp³-hybridized carbons (Fsp3) is 0.900. The summed E-state index contributed by atoms with van der Waals surface area (Å²) in [6.45, 7) is 15.6. The molecule has 0 bridgehead atoms. The number of allylic oxidation sites excluding steroid dienone is 1. The van der Waals surface area contributed by atoms with E-state index in [1.165, 1.54) is 5.57 Å². The van der Waals surface area contributed by atoms with Crippen molar-refractivity contribution in [3.05, 3.63) is 11.6 Å². The number of carboxylic acid groups (broad SMARTS) is 1. The molecule has 5 nitrogen and oxygen atoms in total. The normalized spacial score (nSPS) is 54.4. The van der Waals surface area contributed by atoms with Crippen molar-refractivity contribution in [3.8, 4) is 0 Å². The van der Waals surface area contributed by atoms with Crippen molar-refractivity contribution in [1.82, 2.24) is 0 Å². The highest BCUT2D eigenvalue weighted by molar-refractivity contribution is 5.77. The number of hydrogen-bond acceptors (Lipinski definition) is 4. The summed E-state index contributed by atoms with van der Waals surface area (Å²) in [7, 11) is 0. The van der Waals surface area contributed by atoms with E-state index < -0.39 is 29.7 Å². The summed E-state index contributed by atoms with van der Waals surface area (Å²) in [5.74, 6) is -0.420. The van der Waals surface area contributed by atoms with E-state index in [1.807, 2.05) is 0 Å². The van der Waals surface area contributed by atoms with Crippen LogP contribution in [0, 0.1) is 50.2 Å². The first-order chi connectivity index (χ1) is 16.0. The van der Waals surface area contributed by atoms with Gasteiger partial charge in [-0.3, -0.25) is 4.79 Å². The molecule has 198 valence electrons. The van der Waals surface area contributed by atoms with E-state index in [2.05, 4.69) is 54.5 Å². The third-order valence-electron chi connectivity index (χ3n) is 13.2. The van der Waals surface area contributed by atoms with Gasteiger partial charge in [-0.25, -0.2) is 0 Å². The molecule has 0 saturated heterocycles. The Morgan fingerprint density at radius 3 is 2.11 bits per heavy atom. The van der Waals surface area contributed by atoms with Gasteiger partial charge in [-0.15, -0.1) is 0 Å². The molecule has 5 rings (SSSR count). The van der Waals surface area contributed by atoms with Crippen molar-refractivity contribution in [2.45, 2.75) is 118 Å². The third-order valence-corrected chi connectivity index (χ3v) is 13.2. The van der Waals surface area contributed by atoms with Crippen LogP contribution in [0.2, 0.25) is 0 Å². The monoisotopic (exact) mass is 488 g/mol. The molecule has 0 amide bonds. The molecular weight excluding hydrogens is 440 g/mol. The SMILES string of the molecule is CC1(C)CC[C@]2(C(=O)O)CC[C@]3(C)C(=CC[C@H]4[C@@]5(C)C[C@@H](O)[C@H](O)C(C)(C)[C@H]5CC[C@]43C)[C@@H]2[C@@H]1O. The van der Waals surface area contributed by atoms with Crippen LogP contribution in [0.3, 0.4) is 0 Å². The summed E-state index contributed by atoms with van der Waals surface area (Å²) in [5.41, 5.74) is -0.684. The molecule has 4 N–H and O–H groups in total. The molecule has 4 saturated carbocycles. The molecule has 10 atom stereocenters. The first-order valence-corrected chi connectivity index (χ1v) is 14.0. The second kappa shape index (κ2) is 7.35. The van der Waals surface area contributed by atoms with E-state index in [-0.39, 0.29) is 33.0 Å². The standard InChI is InChI=1S/C30H48O5/c1-25(2)12-14-30(24(34)35)15-13-28(6)17(21(30)23(25)33)8-9-20-27(5)16-18(31)22(32)26(3,4)19(27)10-11-29(20,28)7/h8,18-23,31-33H,9-16H2,1-7H3,(H,34,35)/t18-,19-,20+,21-,22+,23+,27+,28-,29-,30+/m1/s1. The van der Waals surface area contributed by atoms with Gasteiger partial charge in [-0.1, -0.05) is 60.1 Å². The van der Waals surface area contributed by atoms with Crippen LogP contribution in [-0.4, -0.2) is 44.7 Å². The van der Waals surface area contributed by atoms with Crippen LogP contribution in [0.25, 0.3) is 0 Å². The van der Waals surface area contributed by atoms with Crippen LogP contribution < -0.4 is 0 Å². The average molecular weight is 489 g/mol. The van der Waals surface area contributed by atoms with Crippen LogP contribution in [0.4, 0.5) is 0 Å². The molecule has 5 heteroatoms. The Hall–Kier alpha value is -0.910. The van der Waals surface area contributed by atoms with Crippen molar-refractivity contribution < 1.29 is 25.2 Å². The minimum Gasteiger partial charge on any atom is -0.481 e. The molecule has 4 fully saturated rings. The average Bonchev–Trinajstić information content (AvgIpc) is 2.75. The van der Waals surface area contributed by atoms with Crippen LogP contribution >= 0.6 is 0 Å². The van der Waals surface area contributed by atoms with Crippen molar-refractivity contribution >= 4 is 5.97 Å². The lowest BCUT2D eigenvalue weighted by molar-refractivity contribution is -0.234. The maximum atomic E-state index is 12.8. The molecule has 0 aromatic rings. The summed E-state index contributed by atoms with van der Waals surface area (Å²) in [5, 5.41) is 44.1. The third kappa shape index (κ3) is 2.95. The number of hydrogen-bond donors (Lipinski definition) is 4. The van der Waals surface area contributed by atoms with Crippen LogP contribution in [0.5, 0.6) is 0 Å². The predicted octanol–water partition coefficient (Wildman–Crippen LogP) is 5.18. The van der Waals surface area contributed by atoms with Crippen molar-refractivity contribution in [3.63, 3.8) is 0 Å². The maximum Gasteiger partial charge on any atom is 0.310 e. The van der Waals surface area contributed by atoms with E-state index >= 15 is 0 Å². The molecule has 0 spiro atoms. The van der Waals surface area contributed by atoms with Gasteiger partial charge in [0.05, 0.1) is 23.7 Å². The zero-order chi connectivity index (χ0) is 26.0. The van der Waals surface area contributed by atoms with Crippen molar-refractivity contribution in [2.75, 3.05) is 0 Å². The van der Waals surface area contributed by atoms with E-state index in [9.17, 15) is 25.2 Å². The number of aliphatic carboxylic acids is 1. The first kappa shape index (κ1) is 25.7. The summed E-state index contributed by atoms with van der Waals surface area (Å²) in [6, 6.07) is 0. The molecule has 0 radical (unpaired) electrons. The largest absolute Gasteiger partial charge is 0.481 e. The highest BCUT2D eigenvalue weighted by Gasteiger charge is 2.71. The zero-order valence-electron chi connectivity index (χ0n) is 22.9. The van der Waals surface area contributed by atoms with Crippen LogP contribution in [-0.2, 0) is 4.79 Å². The summed E-state index contributed by atoms with van der Waals surface area (Å²) < 4.78 is 0. The molecule has 35 heavy (non-hydrogen) atoms. The molecule has 0 aromatic heterocycles. The van der Waals surface area contributed by atoms with Gasteiger partial charge < -0.3 is 20.4 Å². The highest BCUT2D eigenvalue weighted by atomic mass is 16.4. The van der Waals surface area contributed by atoms with E-state index in [0.717, 1.165) is 32.1 Å². The Labute approximate surface area is 211 Å². The van der Waals surface area contributed by atoms with Gasteiger partial charge in [-0.05, 0) is 90.3 Å². The zero-order valence-corrected chi connectivity index (χ0v) is 22.9. The number of aliphatic hydroxyl groups is 3. The number of aliphatic hydroxyl groups excluding tert-OH is 3. The first-order valence-electron chi connectivity index (χ1n) is 14.0. The minimum absolute atomic E-state index is 0.0492. The fourth-order valence-corrected chi connectivity index (χ4v) is 10.7. The molecule has 0 aliphatic heterocycles. The van der Waals surface area contributed by atoms with Gasteiger partial charge >= 0.3 is 5.97 Å². The lowest BCUT2D eigenvalue weighted by Gasteiger charge is -2.71. The summed E-state index contributed by atoms with van der Waals surface area (Å²) >= 11 is 0. The Balaban J connectivity index is 1.63. The smallest absolute Gasteiger partial charge is 0.310 e. The van der Waals surface area contributed by atoms with Gasteiger partial charge in [0.2, 0.25) is 0 Å². The Morgan fingerprint density at radius 1 is 0.857 bits per heavy atom. The van der Waals surface area contributed by atoms with E-state index in [4.69, 9.17) is 0 Å². The summed E-state index contributed by atoms with van der Waals surface area (Å²) in [4.78, 5) is 12.8. The van der Waals surface area contributed by atoms with Gasteiger partial charge in [0.15, 0.2) is 0 Å². The highest BCUT2D eigenvalue weighted by Crippen LogP contribution is 2.75. The van der Waals surface area contributed by atoms with Crippen LogP contribution in [0.15, 0.2) is 11.6 Å². The van der Waals surface area contributed by atoms with E-state index in [0.29, 0.717) is 31.1 Å². The lowest BCUT2D eigenvalue weighted by atomic mass is 9.33. The molecule has 0 heterocycles. The Bertz CT molecular complexity index is 952. The van der Waals surface area contributed by atoms with Crippen molar-refractivity contribution in [2.24, 2.45) is 50.2 Å². The molecule has 0 aromatic carbocycles. The number of carbonyl (C=O) groups is 1. The lowest BCUT2D eigenvalue weighted by Crippen LogP contribution is -2.68. The van der Waals surface area contributed by atoms with Gasteiger partial charge in [0.1, 0.15) is 0 Å². The second-order valence-electron chi connectivity index (χ2n) is 15.2. The quantitative estimate of drug-likeness (QED) is 0.382.